The summed E-state index contributed by atoms with van der Waals surface area (Å²) in [5, 5.41) is 12.7. The summed E-state index contributed by atoms with van der Waals surface area (Å²) >= 11 is 0. The number of nitrogens with one attached hydrogen (secondary N) is 1. The van der Waals surface area contributed by atoms with E-state index in [9.17, 15) is 0 Å². The fourth-order valence-corrected chi connectivity index (χ4v) is 2.87. The van der Waals surface area contributed by atoms with Gasteiger partial charge >= 0.3 is 0 Å². The molecule has 0 aliphatic heterocycles. The van der Waals surface area contributed by atoms with Crippen molar-refractivity contribution in [3.8, 4) is 11.8 Å². The summed E-state index contributed by atoms with van der Waals surface area (Å²) in [5.74, 6) is 1.75. The van der Waals surface area contributed by atoms with E-state index in [2.05, 4.69) is 50.4 Å². The van der Waals surface area contributed by atoms with Crippen LogP contribution in [0.15, 0.2) is 42.5 Å². The Balaban J connectivity index is 1.99. The molecule has 0 fully saturated rings. The van der Waals surface area contributed by atoms with Crippen molar-refractivity contribution in [2.75, 3.05) is 13.7 Å². The van der Waals surface area contributed by atoms with Gasteiger partial charge in [0.05, 0.1) is 18.7 Å². The molecule has 0 aliphatic carbocycles. The van der Waals surface area contributed by atoms with Crippen LogP contribution in [0.5, 0.6) is 5.75 Å². The molecule has 0 amide bonds. The third-order valence-corrected chi connectivity index (χ3v) is 4.34. The molecule has 1 N–H and O–H groups in total. The smallest absolute Gasteiger partial charge is 0.118 e. The van der Waals surface area contributed by atoms with Crippen molar-refractivity contribution in [2.24, 2.45) is 0 Å². The van der Waals surface area contributed by atoms with Crippen LogP contribution in [-0.2, 0) is 6.54 Å². The van der Waals surface area contributed by atoms with Crippen LogP contribution in [0.25, 0.3) is 0 Å². The number of methoxy groups -OCH3 is 1. The first kappa shape index (κ1) is 18.0. The second-order valence-electron chi connectivity index (χ2n) is 6.49. The number of rotatable bonds is 7. The Morgan fingerprint density at radius 2 is 1.79 bits per heavy atom. The molecule has 0 saturated heterocycles. The van der Waals surface area contributed by atoms with Crippen molar-refractivity contribution in [3.05, 3.63) is 64.7 Å². The van der Waals surface area contributed by atoms with E-state index in [1.54, 1.807) is 7.11 Å². The van der Waals surface area contributed by atoms with E-state index in [-0.39, 0.29) is 0 Å². The first-order chi connectivity index (χ1) is 11.5. The van der Waals surface area contributed by atoms with Crippen molar-refractivity contribution in [1.82, 2.24) is 5.32 Å². The minimum atomic E-state index is 0.414. The van der Waals surface area contributed by atoms with E-state index < -0.39 is 0 Å². The average Bonchev–Trinajstić information content (AvgIpc) is 2.61. The Morgan fingerprint density at radius 1 is 1.08 bits per heavy atom. The lowest BCUT2D eigenvalue weighted by atomic mass is 9.95. The Kier molecular flexibility index (Phi) is 6.40. The molecular formula is C21H26N2O. The minimum absolute atomic E-state index is 0.414. The molecule has 0 aromatic heterocycles. The third kappa shape index (κ3) is 4.59. The molecule has 0 heterocycles. The monoisotopic (exact) mass is 322 g/mol. The van der Waals surface area contributed by atoms with Crippen LogP contribution in [0.4, 0.5) is 0 Å². The van der Waals surface area contributed by atoms with Crippen LogP contribution in [0, 0.1) is 11.3 Å². The molecule has 1 unspecified atom stereocenters. The van der Waals surface area contributed by atoms with Crippen LogP contribution >= 0.6 is 0 Å². The fourth-order valence-electron chi connectivity index (χ4n) is 2.87. The van der Waals surface area contributed by atoms with E-state index in [1.165, 1.54) is 16.7 Å². The normalized spacial score (nSPS) is 12.0. The quantitative estimate of drug-likeness (QED) is 0.811. The number of ether oxygens (including phenoxy) is 1. The van der Waals surface area contributed by atoms with Crippen LogP contribution in [-0.4, -0.2) is 13.7 Å². The summed E-state index contributed by atoms with van der Waals surface area (Å²) < 4.78 is 5.20. The molecule has 3 heteroatoms. The van der Waals surface area contributed by atoms with Crippen molar-refractivity contribution in [2.45, 2.75) is 39.2 Å². The van der Waals surface area contributed by atoms with Crippen molar-refractivity contribution in [1.29, 1.82) is 5.26 Å². The second-order valence-corrected chi connectivity index (χ2v) is 6.49. The van der Waals surface area contributed by atoms with Gasteiger partial charge in [-0.15, -0.1) is 0 Å². The van der Waals surface area contributed by atoms with Crippen molar-refractivity contribution < 1.29 is 4.74 Å². The van der Waals surface area contributed by atoms with E-state index >= 15 is 0 Å². The van der Waals surface area contributed by atoms with Gasteiger partial charge < -0.3 is 10.1 Å². The third-order valence-electron chi connectivity index (χ3n) is 4.34. The highest BCUT2D eigenvalue weighted by atomic mass is 16.5. The molecular weight excluding hydrogens is 296 g/mol. The summed E-state index contributed by atoms with van der Waals surface area (Å²) in [6.45, 7) is 8.25. The molecule has 2 aromatic carbocycles. The molecule has 126 valence electrons. The summed E-state index contributed by atoms with van der Waals surface area (Å²) in [5.41, 5.74) is 4.53. The summed E-state index contributed by atoms with van der Waals surface area (Å²) in [4.78, 5) is 0. The van der Waals surface area contributed by atoms with Gasteiger partial charge in [-0.2, -0.15) is 5.26 Å². The van der Waals surface area contributed by atoms with Gasteiger partial charge in [0, 0.05) is 13.1 Å². The van der Waals surface area contributed by atoms with Crippen LogP contribution in [0.2, 0.25) is 0 Å². The molecule has 0 bridgehead atoms. The zero-order chi connectivity index (χ0) is 17.5. The lowest BCUT2D eigenvalue weighted by Gasteiger charge is -2.17. The maximum Gasteiger partial charge on any atom is 0.118 e. The summed E-state index contributed by atoms with van der Waals surface area (Å²) in [6.07, 6.45) is 0. The summed E-state index contributed by atoms with van der Waals surface area (Å²) in [6, 6.07) is 16.4. The van der Waals surface area contributed by atoms with Crippen LogP contribution < -0.4 is 10.1 Å². The second kappa shape index (κ2) is 8.52. The SMILES string of the molecule is COc1ccc(C(C)CNCc2cc(C#N)ccc2C(C)C)cc1. The van der Waals surface area contributed by atoms with E-state index in [1.807, 2.05) is 24.3 Å². The highest BCUT2D eigenvalue weighted by Gasteiger charge is 2.09. The van der Waals surface area contributed by atoms with Gasteiger partial charge in [-0.3, -0.25) is 0 Å². The molecule has 1 atom stereocenters. The highest BCUT2D eigenvalue weighted by molar-refractivity contribution is 5.39. The number of benzene rings is 2. The number of nitrogens with zero attached hydrogens (tertiary/aromatic N) is 1. The van der Waals surface area contributed by atoms with Gasteiger partial charge in [0.1, 0.15) is 5.75 Å². The first-order valence-corrected chi connectivity index (χ1v) is 8.42. The van der Waals surface area contributed by atoms with Crippen molar-refractivity contribution in [3.63, 3.8) is 0 Å². The van der Waals surface area contributed by atoms with Crippen LogP contribution in [0.3, 0.4) is 0 Å². The lowest BCUT2D eigenvalue weighted by Crippen LogP contribution is -2.20. The molecule has 0 spiro atoms. The molecule has 2 aromatic rings. The van der Waals surface area contributed by atoms with Crippen molar-refractivity contribution >= 4 is 0 Å². The maximum absolute atomic E-state index is 9.12. The highest BCUT2D eigenvalue weighted by Crippen LogP contribution is 2.22. The average molecular weight is 322 g/mol. The molecule has 0 saturated carbocycles. The predicted molar refractivity (Wildman–Crippen MR) is 98.4 cm³/mol. The Morgan fingerprint density at radius 3 is 2.38 bits per heavy atom. The molecule has 0 radical (unpaired) electrons. The topological polar surface area (TPSA) is 45.0 Å². The van der Waals surface area contributed by atoms with E-state index in [0.29, 0.717) is 11.8 Å². The van der Waals surface area contributed by atoms with E-state index in [0.717, 1.165) is 24.4 Å². The van der Waals surface area contributed by atoms with Gasteiger partial charge in [0.2, 0.25) is 0 Å². The predicted octanol–water partition coefficient (Wildman–Crippen LogP) is 4.58. The molecule has 2 rings (SSSR count). The van der Waals surface area contributed by atoms with Gasteiger partial charge in [-0.25, -0.2) is 0 Å². The molecule has 24 heavy (non-hydrogen) atoms. The Bertz CT molecular complexity index is 699. The zero-order valence-electron chi connectivity index (χ0n) is 15.0. The van der Waals surface area contributed by atoms with E-state index in [4.69, 9.17) is 10.00 Å². The molecule has 0 aliphatic rings. The van der Waals surface area contributed by atoms with Gasteiger partial charge in [-0.1, -0.05) is 39.0 Å². The zero-order valence-corrected chi connectivity index (χ0v) is 15.0. The fraction of sp³-hybridized carbons (Fsp3) is 0.381. The van der Waals surface area contributed by atoms with Gasteiger partial charge in [0.25, 0.3) is 0 Å². The minimum Gasteiger partial charge on any atom is -0.497 e. The van der Waals surface area contributed by atoms with Gasteiger partial charge in [0.15, 0.2) is 0 Å². The Hall–Kier alpha value is -2.31. The Labute approximate surface area is 145 Å². The number of hydrogen-bond acceptors (Lipinski definition) is 3. The lowest BCUT2D eigenvalue weighted by molar-refractivity contribution is 0.414. The molecule has 3 nitrogen and oxygen atoms in total. The van der Waals surface area contributed by atoms with Crippen LogP contribution in [0.1, 0.15) is 54.9 Å². The largest absolute Gasteiger partial charge is 0.497 e. The summed E-state index contributed by atoms with van der Waals surface area (Å²) in [7, 11) is 1.68. The maximum atomic E-state index is 9.12. The first-order valence-electron chi connectivity index (χ1n) is 8.42. The standard InChI is InChI=1S/C21H26N2O/c1-15(2)21-10-5-17(12-22)11-19(21)14-23-13-16(3)18-6-8-20(24-4)9-7-18/h5-11,15-16,23H,13-14H2,1-4H3. The number of nitriles is 1. The number of hydrogen-bond donors (Lipinski definition) is 1. The van der Waals surface area contributed by atoms with Gasteiger partial charge in [-0.05, 0) is 52.8 Å².